The van der Waals surface area contributed by atoms with E-state index in [9.17, 15) is 4.79 Å². The van der Waals surface area contributed by atoms with E-state index in [2.05, 4.69) is 36.3 Å². The Morgan fingerprint density at radius 3 is 2.58 bits per heavy atom. The van der Waals surface area contributed by atoms with Crippen LogP contribution < -0.4 is 5.32 Å². The molecule has 1 aromatic heterocycles. The molecule has 1 amide bonds. The summed E-state index contributed by atoms with van der Waals surface area (Å²) in [6.07, 6.45) is 1.78. The lowest BCUT2D eigenvalue weighted by molar-refractivity contribution is -0.113. The van der Waals surface area contributed by atoms with Gasteiger partial charge in [-0.1, -0.05) is 44.2 Å². The van der Waals surface area contributed by atoms with Crippen LogP contribution in [0.2, 0.25) is 0 Å². The topological polar surface area (TPSA) is 42.0 Å². The highest BCUT2D eigenvalue weighted by Gasteiger charge is 2.07. The van der Waals surface area contributed by atoms with Gasteiger partial charge in [0, 0.05) is 22.2 Å². The Kier molecular flexibility index (Phi) is 5.16. The number of nitrogens with one attached hydrogen (secondary N) is 1. The monoisotopic (exact) mass is 336 g/mol. The molecule has 0 saturated heterocycles. The molecule has 0 fully saturated rings. The molecule has 1 heterocycles. The SMILES string of the molecule is CC(C)c1ccc(NC(=O)CSc2ccnc3ccccc23)cc1. The number of fused-ring (bicyclic) bond motifs is 1. The number of para-hydroxylation sites is 1. The fourth-order valence-electron chi connectivity index (χ4n) is 2.49. The molecule has 0 saturated carbocycles. The van der Waals surface area contributed by atoms with E-state index in [1.54, 1.807) is 6.20 Å². The van der Waals surface area contributed by atoms with E-state index in [1.807, 2.05) is 42.5 Å². The molecule has 0 unspecified atom stereocenters. The molecule has 122 valence electrons. The maximum Gasteiger partial charge on any atom is 0.234 e. The van der Waals surface area contributed by atoms with Crippen LogP contribution in [0.15, 0.2) is 65.7 Å². The maximum absolute atomic E-state index is 12.2. The first-order valence-corrected chi connectivity index (χ1v) is 8.98. The highest BCUT2D eigenvalue weighted by atomic mass is 32.2. The van der Waals surface area contributed by atoms with Gasteiger partial charge in [0.1, 0.15) is 0 Å². The van der Waals surface area contributed by atoms with Gasteiger partial charge in [0.05, 0.1) is 11.3 Å². The van der Waals surface area contributed by atoms with E-state index in [-0.39, 0.29) is 5.91 Å². The molecule has 3 aromatic rings. The number of thioether (sulfide) groups is 1. The minimum atomic E-state index is -0.00168. The quantitative estimate of drug-likeness (QED) is 0.660. The second-order valence-corrected chi connectivity index (χ2v) is 6.96. The van der Waals surface area contributed by atoms with Gasteiger partial charge in [-0.25, -0.2) is 0 Å². The van der Waals surface area contributed by atoms with E-state index < -0.39 is 0 Å². The number of anilines is 1. The minimum absolute atomic E-state index is 0.00168. The smallest absolute Gasteiger partial charge is 0.234 e. The summed E-state index contributed by atoms with van der Waals surface area (Å²) in [5.41, 5.74) is 3.06. The largest absolute Gasteiger partial charge is 0.325 e. The van der Waals surface area contributed by atoms with E-state index >= 15 is 0 Å². The van der Waals surface area contributed by atoms with Crippen LogP contribution in [0.5, 0.6) is 0 Å². The first-order valence-electron chi connectivity index (χ1n) is 8.00. The Balaban J connectivity index is 1.63. The van der Waals surface area contributed by atoms with Crippen molar-refractivity contribution in [1.29, 1.82) is 0 Å². The van der Waals surface area contributed by atoms with Crippen LogP contribution in [0.25, 0.3) is 10.9 Å². The van der Waals surface area contributed by atoms with Gasteiger partial charge in [-0.05, 0) is 35.7 Å². The summed E-state index contributed by atoms with van der Waals surface area (Å²) < 4.78 is 0. The van der Waals surface area contributed by atoms with E-state index in [0.29, 0.717) is 11.7 Å². The average molecular weight is 336 g/mol. The number of benzene rings is 2. The third kappa shape index (κ3) is 3.95. The second kappa shape index (κ2) is 7.49. The van der Waals surface area contributed by atoms with Gasteiger partial charge < -0.3 is 5.32 Å². The van der Waals surface area contributed by atoms with Crippen molar-refractivity contribution >= 4 is 34.3 Å². The summed E-state index contributed by atoms with van der Waals surface area (Å²) >= 11 is 1.53. The Morgan fingerprint density at radius 1 is 1.08 bits per heavy atom. The molecule has 0 aliphatic heterocycles. The number of aromatic nitrogens is 1. The summed E-state index contributed by atoms with van der Waals surface area (Å²) in [5.74, 6) is 0.864. The van der Waals surface area contributed by atoms with Crippen molar-refractivity contribution in [3.8, 4) is 0 Å². The molecule has 3 nitrogen and oxygen atoms in total. The van der Waals surface area contributed by atoms with Gasteiger partial charge in [0.25, 0.3) is 0 Å². The summed E-state index contributed by atoms with van der Waals surface area (Å²) in [6.45, 7) is 4.31. The molecule has 24 heavy (non-hydrogen) atoms. The zero-order valence-corrected chi connectivity index (χ0v) is 14.6. The number of hydrogen-bond acceptors (Lipinski definition) is 3. The molecule has 0 aliphatic rings. The van der Waals surface area contributed by atoms with Crippen LogP contribution in [0, 0.1) is 0 Å². The van der Waals surface area contributed by atoms with E-state index in [1.165, 1.54) is 17.3 Å². The van der Waals surface area contributed by atoms with Gasteiger partial charge in [-0.15, -0.1) is 11.8 Å². The van der Waals surface area contributed by atoms with Gasteiger partial charge in [-0.3, -0.25) is 9.78 Å². The second-order valence-electron chi connectivity index (χ2n) is 5.94. The van der Waals surface area contributed by atoms with Crippen molar-refractivity contribution in [3.63, 3.8) is 0 Å². The Hall–Kier alpha value is -2.33. The zero-order valence-electron chi connectivity index (χ0n) is 13.8. The van der Waals surface area contributed by atoms with Gasteiger partial charge >= 0.3 is 0 Å². The molecule has 3 rings (SSSR count). The number of carbonyl (C=O) groups excluding carboxylic acids is 1. The summed E-state index contributed by atoms with van der Waals surface area (Å²) in [4.78, 5) is 17.6. The molecular formula is C20H20N2OS. The van der Waals surface area contributed by atoms with Crippen LogP contribution >= 0.6 is 11.8 Å². The molecular weight excluding hydrogens is 316 g/mol. The van der Waals surface area contributed by atoms with Gasteiger partial charge in [-0.2, -0.15) is 0 Å². The third-order valence-corrected chi connectivity index (χ3v) is 4.90. The molecule has 4 heteroatoms. The normalized spacial score (nSPS) is 11.0. The van der Waals surface area contributed by atoms with E-state index in [0.717, 1.165) is 21.5 Å². The number of pyridine rings is 1. The maximum atomic E-state index is 12.2. The summed E-state index contributed by atoms with van der Waals surface area (Å²) in [5, 5.41) is 4.03. The van der Waals surface area contributed by atoms with Crippen LogP contribution in [0.1, 0.15) is 25.3 Å². The first kappa shape index (κ1) is 16.5. The summed E-state index contributed by atoms with van der Waals surface area (Å²) in [7, 11) is 0. The standard InChI is InChI=1S/C20H20N2OS/c1-14(2)15-7-9-16(10-8-15)22-20(23)13-24-19-11-12-21-18-6-4-3-5-17(18)19/h3-12,14H,13H2,1-2H3,(H,22,23). The lowest BCUT2D eigenvalue weighted by Crippen LogP contribution is -2.14. The van der Waals surface area contributed by atoms with Crippen molar-refractivity contribution < 1.29 is 4.79 Å². The fourth-order valence-corrected chi connectivity index (χ4v) is 3.33. The average Bonchev–Trinajstić information content (AvgIpc) is 2.60. The lowest BCUT2D eigenvalue weighted by atomic mass is 10.0. The Bertz CT molecular complexity index is 838. The predicted molar refractivity (Wildman–Crippen MR) is 102 cm³/mol. The number of amides is 1. The lowest BCUT2D eigenvalue weighted by Gasteiger charge is -2.09. The van der Waals surface area contributed by atoms with Crippen LogP contribution in [0.4, 0.5) is 5.69 Å². The van der Waals surface area contributed by atoms with Crippen molar-refractivity contribution in [1.82, 2.24) is 4.98 Å². The van der Waals surface area contributed by atoms with Crippen molar-refractivity contribution in [2.45, 2.75) is 24.7 Å². The Morgan fingerprint density at radius 2 is 1.83 bits per heavy atom. The molecule has 0 atom stereocenters. The Labute approximate surface area is 146 Å². The third-order valence-electron chi connectivity index (χ3n) is 3.83. The van der Waals surface area contributed by atoms with Crippen molar-refractivity contribution in [2.75, 3.05) is 11.1 Å². The summed E-state index contributed by atoms with van der Waals surface area (Å²) in [6, 6.07) is 18.0. The number of hydrogen-bond donors (Lipinski definition) is 1. The molecule has 2 aromatic carbocycles. The van der Waals surface area contributed by atoms with Crippen LogP contribution in [-0.2, 0) is 4.79 Å². The molecule has 1 N–H and O–H groups in total. The fraction of sp³-hybridized carbons (Fsp3) is 0.200. The number of carbonyl (C=O) groups is 1. The van der Waals surface area contributed by atoms with Crippen LogP contribution in [0.3, 0.4) is 0 Å². The van der Waals surface area contributed by atoms with Gasteiger partial charge in [0.15, 0.2) is 0 Å². The molecule has 0 bridgehead atoms. The van der Waals surface area contributed by atoms with E-state index in [4.69, 9.17) is 0 Å². The molecule has 0 spiro atoms. The van der Waals surface area contributed by atoms with Crippen molar-refractivity contribution in [2.24, 2.45) is 0 Å². The predicted octanol–water partition coefficient (Wildman–Crippen LogP) is 5.09. The number of nitrogens with zero attached hydrogens (tertiary/aromatic N) is 1. The highest BCUT2D eigenvalue weighted by Crippen LogP contribution is 2.26. The van der Waals surface area contributed by atoms with Gasteiger partial charge in [0.2, 0.25) is 5.91 Å². The number of rotatable bonds is 5. The van der Waals surface area contributed by atoms with Crippen LogP contribution in [-0.4, -0.2) is 16.6 Å². The minimum Gasteiger partial charge on any atom is -0.325 e. The van der Waals surface area contributed by atoms with Crippen molar-refractivity contribution in [3.05, 3.63) is 66.4 Å². The molecule has 0 radical (unpaired) electrons. The molecule has 0 aliphatic carbocycles. The zero-order chi connectivity index (χ0) is 16.9. The highest BCUT2D eigenvalue weighted by molar-refractivity contribution is 8.00. The first-order chi connectivity index (χ1) is 11.6.